The lowest BCUT2D eigenvalue weighted by molar-refractivity contribution is -0.342. The molecular formula is C28H32O15. The minimum absolute atomic E-state index is 0.00250. The van der Waals surface area contributed by atoms with E-state index in [2.05, 4.69) is 0 Å². The molecule has 2 saturated heterocycles. The summed E-state index contributed by atoms with van der Waals surface area (Å²) in [5.74, 6) is -0.711. The topological polar surface area (TPSA) is 249 Å². The Labute approximate surface area is 242 Å². The van der Waals surface area contributed by atoms with Crippen LogP contribution in [-0.2, 0) is 14.2 Å². The Hall–Kier alpha value is -3.35. The first kappa shape index (κ1) is 31.1. The molecule has 0 bridgehead atoms. The van der Waals surface area contributed by atoms with Gasteiger partial charge in [-0.2, -0.15) is 0 Å². The number of fused-ring (bicyclic) bond motifs is 1. The normalized spacial score (nSPS) is 33.0. The number of phenolic OH excluding ortho intramolecular Hbond substituents is 2. The largest absolute Gasteiger partial charge is 0.508 e. The summed E-state index contributed by atoms with van der Waals surface area (Å²) in [5.41, 5.74) is -0.591. The Bertz CT molecular complexity index is 1490. The molecule has 9 unspecified atom stereocenters. The molecule has 0 spiro atoms. The van der Waals surface area contributed by atoms with Crippen molar-refractivity contribution in [1.29, 1.82) is 0 Å². The van der Waals surface area contributed by atoms with Crippen molar-refractivity contribution in [1.82, 2.24) is 0 Å². The van der Waals surface area contributed by atoms with Crippen LogP contribution < -0.4 is 10.2 Å². The number of hydrogen-bond donors (Lipinski definition) is 9. The van der Waals surface area contributed by atoms with Gasteiger partial charge in [-0.15, -0.1) is 0 Å². The van der Waals surface area contributed by atoms with E-state index in [1.54, 1.807) is 0 Å². The van der Waals surface area contributed by atoms with Gasteiger partial charge < -0.3 is 69.3 Å². The molecule has 0 amide bonds. The molecule has 43 heavy (non-hydrogen) atoms. The van der Waals surface area contributed by atoms with Crippen LogP contribution in [0.5, 0.6) is 17.2 Å². The lowest BCUT2D eigenvalue weighted by atomic mass is 9.89. The number of aliphatic hydroxyl groups is 7. The van der Waals surface area contributed by atoms with E-state index in [0.29, 0.717) is 5.56 Å². The Morgan fingerprint density at radius 3 is 2.07 bits per heavy atom. The van der Waals surface area contributed by atoms with E-state index in [-0.39, 0.29) is 33.8 Å². The van der Waals surface area contributed by atoms with Crippen molar-refractivity contribution in [3.8, 4) is 28.6 Å². The van der Waals surface area contributed by atoms with Crippen LogP contribution >= 0.6 is 0 Å². The third kappa shape index (κ3) is 5.56. The van der Waals surface area contributed by atoms with Gasteiger partial charge in [0.2, 0.25) is 0 Å². The zero-order valence-electron chi connectivity index (χ0n) is 22.6. The minimum Gasteiger partial charge on any atom is -0.508 e. The molecule has 0 aliphatic carbocycles. The van der Waals surface area contributed by atoms with Crippen LogP contribution in [0.1, 0.15) is 11.7 Å². The van der Waals surface area contributed by atoms with E-state index >= 15 is 0 Å². The Kier molecular flexibility index (Phi) is 8.92. The summed E-state index contributed by atoms with van der Waals surface area (Å²) in [6.07, 6.45) is -16.9. The van der Waals surface area contributed by atoms with Gasteiger partial charge in [0, 0.05) is 17.7 Å². The average Bonchev–Trinajstić information content (AvgIpc) is 2.99. The third-order valence-corrected chi connectivity index (χ3v) is 7.66. The molecule has 1 aromatic heterocycles. The predicted molar refractivity (Wildman–Crippen MR) is 143 cm³/mol. The van der Waals surface area contributed by atoms with Crippen LogP contribution in [0, 0.1) is 0 Å². The summed E-state index contributed by atoms with van der Waals surface area (Å²) in [7, 11) is 1.23. The van der Waals surface area contributed by atoms with Gasteiger partial charge in [-0.1, -0.05) is 0 Å². The predicted octanol–water partition coefficient (Wildman–Crippen LogP) is -1.78. The molecule has 3 aromatic rings. The van der Waals surface area contributed by atoms with Gasteiger partial charge in [-0.05, 0) is 24.3 Å². The first-order chi connectivity index (χ1) is 20.5. The highest BCUT2D eigenvalue weighted by Gasteiger charge is 2.52. The number of ether oxygens (including phenoxy) is 4. The van der Waals surface area contributed by atoms with E-state index in [9.17, 15) is 50.8 Å². The Morgan fingerprint density at radius 2 is 1.44 bits per heavy atom. The summed E-state index contributed by atoms with van der Waals surface area (Å²) < 4.78 is 28.3. The van der Waals surface area contributed by atoms with Crippen LogP contribution in [0.15, 0.2) is 45.6 Å². The van der Waals surface area contributed by atoms with Gasteiger partial charge in [-0.3, -0.25) is 4.79 Å². The second-order valence-corrected chi connectivity index (χ2v) is 10.3. The van der Waals surface area contributed by atoms with E-state index in [1.807, 2.05) is 0 Å². The number of aliphatic hydroxyl groups excluding tert-OH is 7. The van der Waals surface area contributed by atoms with Gasteiger partial charge in [-0.25, -0.2) is 0 Å². The van der Waals surface area contributed by atoms with Crippen LogP contribution in [0.25, 0.3) is 22.3 Å². The molecule has 15 nitrogen and oxygen atoms in total. The molecule has 0 saturated carbocycles. The SMILES string of the molecule is COc1cc2oc(-c3ccc(O)cc3)cc(=O)c2c(O)c1C1OC(CO)C(O)C(O)C1O[C@@H]1OC(CO)C(O)C(O)C1O. The maximum absolute atomic E-state index is 13.3. The zero-order valence-corrected chi connectivity index (χ0v) is 22.6. The fourth-order valence-electron chi connectivity index (χ4n) is 5.32. The molecule has 5 rings (SSSR count). The second kappa shape index (κ2) is 12.3. The molecular weight excluding hydrogens is 576 g/mol. The van der Waals surface area contributed by atoms with Crippen molar-refractivity contribution in [2.24, 2.45) is 0 Å². The number of methoxy groups -OCH3 is 1. The van der Waals surface area contributed by atoms with Gasteiger partial charge in [0.05, 0.1) is 25.9 Å². The molecule has 15 heteroatoms. The maximum Gasteiger partial charge on any atom is 0.197 e. The first-order valence-electron chi connectivity index (χ1n) is 13.3. The molecule has 2 aromatic carbocycles. The first-order valence-corrected chi connectivity index (χ1v) is 13.3. The average molecular weight is 609 g/mol. The quantitative estimate of drug-likeness (QED) is 0.144. The number of rotatable bonds is 7. The van der Waals surface area contributed by atoms with Crippen LogP contribution in [-0.4, -0.2) is 121 Å². The summed E-state index contributed by atoms with van der Waals surface area (Å²) in [6, 6.07) is 8.22. The van der Waals surface area contributed by atoms with Crippen molar-refractivity contribution in [3.63, 3.8) is 0 Å². The van der Waals surface area contributed by atoms with Gasteiger partial charge in [0.25, 0.3) is 0 Å². The van der Waals surface area contributed by atoms with Crippen LogP contribution in [0.4, 0.5) is 0 Å². The van der Waals surface area contributed by atoms with E-state index < -0.39 is 85.6 Å². The van der Waals surface area contributed by atoms with Crippen LogP contribution in [0.2, 0.25) is 0 Å². The van der Waals surface area contributed by atoms with E-state index in [4.69, 9.17) is 23.4 Å². The number of hydrogen-bond acceptors (Lipinski definition) is 15. The highest BCUT2D eigenvalue weighted by Crippen LogP contribution is 2.46. The molecule has 2 aliphatic rings. The molecule has 3 heterocycles. The third-order valence-electron chi connectivity index (χ3n) is 7.66. The number of phenols is 2. The summed E-state index contributed by atoms with van der Waals surface area (Å²) in [4.78, 5) is 13.3. The molecule has 2 aliphatic heterocycles. The van der Waals surface area contributed by atoms with Crippen molar-refractivity contribution in [2.45, 2.75) is 61.2 Å². The fraction of sp³-hybridized carbons (Fsp3) is 0.464. The minimum atomic E-state index is -1.89. The van der Waals surface area contributed by atoms with Crippen molar-refractivity contribution in [3.05, 3.63) is 52.2 Å². The van der Waals surface area contributed by atoms with Crippen molar-refractivity contribution >= 4 is 11.0 Å². The molecule has 9 N–H and O–H groups in total. The summed E-state index contributed by atoms with van der Waals surface area (Å²) in [5, 5.41) is 92.6. The van der Waals surface area contributed by atoms with Gasteiger partial charge in [0.1, 0.15) is 88.9 Å². The van der Waals surface area contributed by atoms with Crippen molar-refractivity contribution < 1.29 is 69.3 Å². The number of benzene rings is 2. The maximum atomic E-state index is 13.3. The van der Waals surface area contributed by atoms with E-state index in [1.165, 1.54) is 37.4 Å². The summed E-state index contributed by atoms with van der Waals surface area (Å²) in [6.45, 7) is -1.55. The lowest BCUT2D eigenvalue weighted by Crippen LogP contribution is -2.62. The smallest absolute Gasteiger partial charge is 0.197 e. The standard InChI is InChI=1S/C28H32O15/c1-39-14-7-15-18(12(32)6-13(40-15)10-2-4-11(31)5-3-10)22(35)19(14)26-27(24(37)21(34)16(8-29)41-26)43-28-25(38)23(36)20(33)17(9-30)42-28/h2-7,16-17,20-21,23-31,33-38H,8-9H2,1H3/t16?,17?,20?,21?,23?,24?,25?,26?,27?,28-/m0/s1. The lowest BCUT2D eigenvalue weighted by Gasteiger charge is -2.46. The highest BCUT2D eigenvalue weighted by atomic mass is 16.7. The zero-order chi connectivity index (χ0) is 31.2. The fourth-order valence-corrected chi connectivity index (χ4v) is 5.32. The molecule has 2 fully saturated rings. The van der Waals surface area contributed by atoms with Gasteiger partial charge >= 0.3 is 0 Å². The van der Waals surface area contributed by atoms with E-state index in [0.717, 1.165) is 6.07 Å². The second-order valence-electron chi connectivity index (χ2n) is 10.3. The molecule has 10 atom stereocenters. The molecule has 0 radical (unpaired) electrons. The number of aromatic hydroxyl groups is 2. The Morgan fingerprint density at radius 1 is 0.814 bits per heavy atom. The van der Waals surface area contributed by atoms with Crippen LogP contribution in [0.3, 0.4) is 0 Å². The van der Waals surface area contributed by atoms with Gasteiger partial charge in [0.15, 0.2) is 11.7 Å². The highest BCUT2D eigenvalue weighted by molar-refractivity contribution is 5.88. The van der Waals surface area contributed by atoms with Crippen molar-refractivity contribution in [2.75, 3.05) is 20.3 Å². The monoisotopic (exact) mass is 608 g/mol. The molecule has 234 valence electrons. The Balaban J connectivity index is 1.61. The summed E-state index contributed by atoms with van der Waals surface area (Å²) >= 11 is 0.